The first-order valence-corrected chi connectivity index (χ1v) is 7.12. The lowest BCUT2D eigenvalue weighted by Crippen LogP contribution is -2.13. The molecule has 0 fully saturated rings. The number of rotatable bonds is 4. The van der Waals surface area contributed by atoms with Crippen LogP contribution >= 0.6 is 11.6 Å². The number of hydrogen-bond acceptors (Lipinski definition) is 5. The van der Waals surface area contributed by atoms with Crippen LogP contribution in [0.1, 0.15) is 10.4 Å². The van der Waals surface area contributed by atoms with Crippen LogP contribution in [0.25, 0.3) is 5.82 Å². The predicted molar refractivity (Wildman–Crippen MR) is 87.4 cm³/mol. The number of anilines is 1. The van der Waals surface area contributed by atoms with Crippen molar-refractivity contribution in [3.8, 4) is 5.82 Å². The number of nitrogens with one attached hydrogen (secondary N) is 1. The van der Waals surface area contributed by atoms with Crippen molar-refractivity contribution in [3.05, 3.63) is 76.0 Å². The van der Waals surface area contributed by atoms with Gasteiger partial charge in [0.2, 0.25) is 0 Å². The second-order valence-corrected chi connectivity index (χ2v) is 5.16. The number of non-ortho nitro benzene ring substituents is 1. The number of carbonyl (C=O) groups is 1. The van der Waals surface area contributed by atoms with Gasteiger partial charge in [-0.25, -0.2) is 9.97 Å². The van der Waals surface area contributed by atoms with Crippen LogP contribution in [-0.4, -0.2) is 25.4 Å². The van der Waals surface area contributed by atoms with Crippen LogP contribution in [0.2, 0.25) is 5.02 Å². The van der Waals surface area contributed by atoms with Gasteiger partial charge >= 0.3 is 0 Å². The van der Waals surface area contributed by atoms with E-state index in [9.17, 15) is 14.9 Å². The third kappa shape index (κ3) is 3.23. The molecule has 0 spiro atoms. The van der Waals surface area contributed by atoms with Crippen molar-refractivity contribution in [3.63, 3.8) is 0 Å². The maximum absolute atomic E-state index is 12.2. The van der Waals surface area contributed by atoms with Gasteiger partial charge in [-0.1, -0.05) is 11.6 Å². The molecule has 0 radical (unpaired) electrons. The Morgan fingerprint density at radius 2 is 2.12 bits per heavy atom. The molecule has 0 saturated heterocycles. The second-order valence-electron chi connectivity index (χ2n) is 4.75. The largest absolute Gasteiger partial charge is 0.321 e. The molecule has 2 heterocycles. The average Bonchev–Trinajstić information content (AvgIpc) is 3.09. The summed E-state index contributed by atoms with van der Waals surface area (Å²) in [4.78, 5) is 30.5. The Balaban J connectivity index is 1.76. The Morgan fingerprint density at radius 3 is 2.71 bits per heavy atom. The Bertz CT molecular complexity index is 894. The topological polar surface area (TPSA) is 103 Å². The highest BCUT2D eigenvalue weighted by molar-refractivity contribution is 6.34. The Labute approximate surface area is 140 Å². The van der Waals surface area contributed by atoms with Gasteiger partial charge in [-0.2, -0.15) is 0 Å². The summed E-state index contributed by atoms with van der Waals surface area (Å²) in [6.07, 6.45) is 6.48. The number of imidazole rings is 1. The molecule has 24 heavy (non-hydrogen) atoms. The van der Waals surface area contributed by atoms with Gasteiger partial charge in [-0.3, -0.25) is 19.5 Å². The zero-order valence-electron chi connectivity index (χ0n) is 12.1. The smallest absolute Gasteiger partial charge is 0.270 e. The summed E-state index contributed by atoms with van der Waals surface area (Å²) in [7, 11) is 0. The molecule has 0 aliphatic rings. The highest BCUT2D eigenvalue weighted by Crippen LogP contribution is 2.23. The highest BCUT2D eigenvalue weighted by atomic mass is 35.5. The summed E-state index contributed by atoms with van der Waals surface area (Å²) < 4.78 is 1.72. The van der Waals surface area contributed by atoms with Gasteiger partial charge in [0.15, 0.2) is 0 Å². The quantitative estimate of drug-likeness (QED) is 0.579. The fourth-order valence-corrected chi connectivity index (χ4v) is 2.27. The lowest BCUT2D eigenvalue weighted by molar-refractivity contribution is -0.384. The molecule has 0 unspecified atom stereocenters. The van der Waals surface area contributed by atoms with Crippen molar-refractivity contribution in [1.82, 2.24) is 14.5 Å². The highest BCUT2D eigenvalue weighted by Gasteiger charge is 2.15. The van der Waals surface area contributed by atoms with Crippen LogP contribution in [0, 0.1) is 10.1 Å². The maximum atomic E-state index is 12.2. The van der Waals surface area contributed by atoms with Gasteiger partial charge < -0.3 is 5.32 Å². The van der Waals surface area contributed by atoms with E-state index in [0.29, 0.717) is 11.5 Å². The number of nitro groups is 1. The van der Waals surface area contributed by atoms with E-state index in [2.05, 4.69) is 15.3 Å². The fraction of sp³-hybridized carbons (Fsp3) is 0. The van der Waals surface area contributed by atoms with E-state index >= 15 is 0 Å². The average molecular weight is 344 g/mol. The molecule has 3 rings (SSSR count). The molecule has 0 aliphatic carbocycles. The number of nitro benzene ring substituents is 1. The SMILES string of the molecule is O=C(Nc1ccc(-n2ccnc2)nc1)c1ccc([N+](=O)[O-])cc1Cl. The van der Waals surface area contributed by atoms with E-state index < -0.39 is 10.8 Å². The van der Waals surface area contributed by atoms with Gasteiger partial charge in [0.1, 0.15) is 12.1 Å². The standard InChI is InChI=1S/C15H10ClN5O3/c16-13-7-11(21(23)24)2-3-12(13)15(22)19-10-1-4-14(18-8-10)20-6-5-17-9-20/h1-9H,(H,19,22). The molecule has 0 bridgehead atoms. The normalized spacial score (nSPS) is 10.4. The molecule has 0 aliphatic heterocycles. The minimum absolute atomic E-state index is 0.00435. The Morgan fingerprint density at radius 1 is 1.29 bits per heavy atom. The first kappa shape index (κ1) is 15.6. The zero-order chi connectivity index (χ0) is 17.1. The second kappa shape index (κ2) is 6.47. The third-order valence-electron chi connectivity index (χ3n) is 3.18. The van der Waals surface area contributed by atoms with Crippen molar-refractivity contribution in [1.29, 1.82) is 0 Å². The third-order valence-corrected chi connectivity index (χ3v) is 3.50. The number of benzene rings is 1. The lowest BCUT2D eigenvalue weighted by atomic mass is 10.2. The van der Waals surface area contributed by atoms with Crippen LogP contribution in [0.15, 0.2) is 55.2 Å². The summed E-state index contributed by atoms with van der Waals surface area (Å²) in [6, 6.07) is 7.06. The molecule has 0 saturated carbocycles. The van der Waals surface area contributed by atoms with Gasteiger partial charge in [0.05, 0.1) is 27.4 Å². The summed E-state index contributed by atoms with van der Waals surface area (Å²) in [5.41, 5.74) is 0.433. The molecule has 1 N–H and O–H groups in total. The molecule has 120 valence electrons. The minimum Gasteiger partial charge on any atom is -0.321 e. The fourth-order valence-electron chi connectivity index (χ4n) is 2.01. The number of amides is 1. The van der Waals surface area contributed by atoms with E-state index in [1.807, 2.05) is 0 Å². The van der Waals surface area contributed by atoms with Gasteiger partial charge in [-0.05, 0) is 18.2 Å². The van der Waals surface area contributed by atoms with Crippen LogP contribution in [0.3, 0.4) is 0 Å². The number of aromatic nitrogens is 3. The molecule has 8 nitrogen and oxygen atoms in total. The molecule has 3 aromatic rings. The van der Waals surface area contributed by atoms with Crippen molar-refractivity contribution in [2.24, 2.45) is 0 Å². The van der Waals surface area contributed by atoms with Gasteiger partial charge in [-0.15, -0.1) is 0 Å². The van der Waals surface area contributed by atoms with Crippen LogP contribution < -0.4 is 5.32 Å². The molecular formula is C15H10ClN5O3. The molecule has 9 heteroatoms. The summed E-state index contributed by atoms with van der Waals surface area (Å²) >= 11 is 5.94. The predicted octanol–water partition coefficient (Wildman–Crippen LogP) is 3.08. The van der Waals surface area contributed by atoms with E-state index in [-0.39, 0.29) is 16.3 Å². The number of pyridine rings is 1. The van der Waals surface area contributed by atoms with Crippen molar-refractivity contribution >= 4 is 28.9 Å². The number of halogens is 1. The van der Waals surface area contributed by atoms with Gasteiger partial charge in [0.25, 0.3) is 11.6 Å². The van der Waals surface area contributed by atoms with Crippen LogP contribution in [0.4, 0.5) is 11.4 Å². The summed E-state index contributed by atoms with van der Waals surface area (Å²) in [6.45, 7) is 0. The number of carbonyl (C=O) groups excluding carboxylic acids is 1. The number of nitrogens with zero attached hydrogens (tertiary/aromatic N) is 4. The van der Waals surface area contributed by atoms with Crippen molar-refractivity contribution in [2.45, 2.75) is 0 Å². The number of hydrogen-bond donors (Lipinski definition) is 1. The van der Waals surface area contributed by atoms with E-state index in [0.717, 1.165) is 6.07 Å². The zero-order valence-corrected chi connectivity index (χ0v) is 12.8. The van der Waals surface area contributed by atoms with E-state index in [1.165, 1.54) is 18.3 Å². The van der Waals surface area contributed by atoms with Crippen molar-refractivity contribution in [2.75, 3.05) is 5.32 Å². The minimum atomic E-state index is -0.577. The Kier molecular flexibility index (Phi) is 4.21. The summed E-state index contributed by atoms with van der Waals surface area (Å²) in [5.74, 6) is 0.172. The van der Waals surface area contributed by atoms with Crippen LogP contribution in [0.5, 0.6) is 0 Å². The monoisotopic (exact) mass is 343 g/mol. The Hall–Kier alpha value is -3.26. The van der Waals surface area contributed by atoms with Crippen LogP contribution in [-0.2, 0) is 0 Å². The molecule has 0 atom stereocenters. The summed E-state index contributed by atoms with van der Waals surface area (Å²) in [5, 5.41) is 13.3. The first-order valence-electron chi connectivity index (χ1n) is 6.74. The van der Waals surface area contributed by atoms with Gasteiger partial charge in [0, 0.05) is 24.5 Å². The molecule has 1 aromatic carbocycles. The van der Waals surface area contributed by atoms with Crippen molar-refractivity contribution < 1.29 is 9.72 Å². The molecule has 1 amide bonds. The molecule has 2 aromatic heterocycles. The maximum Gasteiger partial charge on any atom is 0.270 e. The van der Waals surface area contributed by atoms with E-state index in [1.54, 1.807) is 35.4 Å². The van der Waals surface area contributed by atoms with E-state index in [4.69, 9.17) is 11.6 Å². The molecular weight excluding hydrogens is 334 g/mol. The first-order chi connectivity index (χ1) is 11.5. The lowest BCUT2D eigenvalue weighted by Gasteiger charge is -2.07.